The van der Waals surface area contributed by atoms with Crippen molar-refractivity contribution in [1.29, 1.82) is 0 Å². The van der Waals surface area contributed by atoms with Crippen LogP contribution in [-0.2, 0) is 11.4 Å². The summed E-state index contributed by atoms with van der Waals surface area (Å²) in [5, 5.41) is 12.9. The lowest BCUT2D eigenvalue weighted by atomic mass is 9.99. The number of pyridine rings is 1. The van der Waals surface area contributed by atoms with Gasteiger partial charge in [0.05, 0.1) is 23.0 Å². The zero-order chi connectivity index (χ0) is 18.3. The van der Waals surface area contributed by atoms with Crippen molar-refractivity contribution >= 4 is 22.4 Å². The quantitative estimate of drug-likeness (QED) is 0.770. The summed E-state index contributed by atoms with van der Waals surface area (Å²) in [6.45, 7) is 5.03. The van der Waals surface area contributed by atoms with Crippen LogP contribution >= 0.6 is 0 Å². The summed E-state index contributed by atoms with van der Waals surface area (Å²) >= 11 is 0. The van der Waals surface area contributed by atoms with Crippen molar-refractivity contribution in [2.24, 2.45) is 0 Å². The molecule has 0 aromatic carbocycles. The Bertz CT molecular complexity index is 861. The van der Waals surface area contributed by atoms with Crippen LogP contribution in [0.25, 0.3) is 16.7 Å². The monoisotopic (exact) mass is 368 g/mol. The number of hydroxylamine groups is 1. The summed E-state index contributed by atoms with van der Waals surface area (Å²) in [5.74, 6) is 0. The first-order chi connectivity index (χ1) is 13.3. The van der Waals surface area contributed by atoms with E-state index in [1.54, 1.807) is 0 Å². The van der Waals surface area contributed by atoms with E-state index < -0.39 is 0 Å². The van der Waals surface area contributed by atoms with Crippen LogP contribution in [-0.4, -0.2) is 39.5 Å². The highest BCUT2D eigenvalue weighted by molar-refractivity contribution is 5.95. The first-order valence-corrected chi connectivity index (χ1v) is 10.3. The molecule has 1 spiro atoms. The molecule has 5 rings (SSSR count). The van der Waals surface area contributed by atoms with Crippen molar-refractivity contribution < 1.29 is 4.84 Å². The lowest BCUT2D eigenvalue weighted by Gasteiger charge is -2.26. The fraction of sp³-hybridized carbons (Fsp3) is 0.600. The number of aryl methyl sites for hydroxylation is 1. The number of nitrogens with one attached hydrogen (secondary N) is 3. The van der Waals surface area contributed by atoms with E-state index in [1.165, 1.54) is 12.8 Å². The highest BCUT2D eigenvalue weighted by Gasteiger charge is 2.39. The van der Waals surface area contributed by atoms with Gasteiger partial charge in [0.15, 0.2) is 5.65 Å². The van der Waals surface area contributed by atoms with E-state index in [2.05, 4.69) is 34.2 Å². The Hall–Kier alpha value is -2.12. The summed E-state index contributed by atoms with van der Waals surface area (Å²) in [6, 6.07) is 0.462. The van der Waals surface area contributed by atoms with Gasteiger partial charge >= 0.3 is 0 Å². The van der Waals surface area contributed by atoms with Crippen LogP contribution in [0.2, 0.25) is 0 Å². The number of hydrogen-bond donors (Lipinski definition) is 3. The lowest BCUT2D eigenvalue weighted by Crippen LogP contribution is -2.35. The molecule has 4 heterocycles. The molecule has 0 bridgehead atoms. The third-order valence-corrected chi connectivity index (χ3v) is 6.17. The fourth-order valence-electron chi connectivity index (χ4n) is 4.62. The molecule has 1 saturated heterocycles. The molecule has 1 aliphatic carbocycles. The van der Waals surface area contributed by atoms with E-state index in [9.17, 15) is 0 Å². The number of piperidine rings is 1. The van der Waals surface area contributed by atoms with E-state index >= 15 is 0 Å². The molecule has 2 aromatic rings. The molecule has 0 unspecified atom stereocenters. The topological polar surface area (TPSA) is 76.0 Å². The van der Waals surface area contributed by atoms with Gasteiger partial charge in [-0.3, -0.25) is 10.3 Å². The summed E-state index contributed by atoms with van der Waals surface area (Å²) < 4.78 is 1.96. The van der Waals surface area contributed by atoms with Gasteiger partial charge in [0, 0.05) is 24.3 Å². The number of anilines is 1. The van der Waals surface area contributed by atoms with Crippen LogP contribution in [0.15, 0.2) is 18.5 Å². The zero-order valence-corrected chi connectivity index (χ0v) is 15.9. The normalized spacial score (nSPS) is 22.3. The van der Waals surface area contributed by atoms with Crippen LogP contribution in [0.1, 0.15) is 51.0 Å². The van der Waals surface area contributed by atoms with Crippen molar-refractivity contribution in [1.82, 2.24) is 25.6 Å². The smallest absolute Gasteiger partial charge is 0.159 e. The molecule has 144 valence electrons. The minimum Gasteiger partial charge on any atom is -0.381 e. The Morgan fingerprint density at radius 2 is 2.07 bits per heavy atom. The van der Waals surface area contributed by atoms with Gasteiger partial charge in [0.1, 0.15) is 5.60 Å². The van der Waals surface area contributed by atoms with Crippen LogP contribution in [0, 0.1) is 0 Å². The molecule has 7 heteroatoms. The predicted octanol–water partition coefficient (Wildman–Crippen LogP) is 2.80. The van der Waals surface area contributed by atoms with Gasteiger partial charge < -0.3 is 10.6 Å². The average Bonchev–Trinajstić information content (AvgIpc) is 3.44. The maximum atomic E-state index is 6.02. The molecular formula is C20H28N6O. The van der Waals surface area contributed by atoms with Crippen LogP contribution in [0.3, 0.4) is 0 Å². The average molecular weight is 368 g/mol. The molecule has 27 heavy (non-hydrogen) atoms. The number of aromatic nitrogens is 3. The van der Waals surface area contributed by atoms with Crippen molar-refractivity contribution in [3.8, 4) is 0 Å². The van der Waals surface area contributed by atoms with Crippen molar-refractivity contribution in [2.45, 2.75) is 63.6 Å². The second-order valence-corrected chi connectivity index (χ2v) is 7.95. The first kappa shape index (κ1) is 17.0. The summed E-state index contributed by atoms with van der Waals surface area (Å²) in [4.78, 5) is 10.8. The number of rotatable bonds is 4. The fourth-order valence-corrected chi connectivity index (χ4v) is 4.62. The summed E-state index contributed by atoms with van der Waals surface area (Å²) in [6.07, 6.45) is 13.1. The molecule has 0 radical (unpaired) electrons. The maximum Gasteiger partial charge on any atom is 0.159 e. The van der Waals surface area contributed by atoms with E-state index in [0.29, 0.717) is 6.04 Å². The van der Waals surface area contributed by atoms with Gasteiger partial charge in [-0.1, -0.05) is 12.8 Å². The minimum absolute atomic E-state index is 0.135. The largest absolute Gasteiger partial charge is 0.381 e. The van der Waals surface area contributed by atoms with Gasteiger partial charge in [0.2, 0.25) is 0 Å². The Morgan fingerprint density at radius 3 is 2.85 bits per heavy atom. The van der Waals surface area contributed by atoms with Crippen molar-refractivity contribution in [3.63, 3.8) is 0 Å². The third kappa shape index (κ3) is 2.99. The van der Waals surface area contributed by atoms with E-state index in [4.69, 9.17) is 9.82 Å². The van der Waals surface area contributed by atoms with Gasteiger partial charge in [-0.05, 0) is 51.8 Å². The first-order valence-electron chi connectivity index (χ1n) is 10.3. The Morgan fingerprint density at radius 1 is 1.26 bits per heavy atom. The molecule has 2 aromatic heterocycles. The maximum absolute atomic E-state index is 6.02. The molecule has 2 aliphatic heterocycles. The second kappa shape index (κ2) is 6.80. The molecule has 2 fully saturated rings. The lowest BCUT2D eigenvalue weighted by molar-refractivity contribution is -0.0289. The predicted molar refractivity (Wildman–Crippen MR) is 106 cm³/mol. The molecule has 1 saturated carbocycles. The SMILES string of the molecule is CCn1ncc2c(NC3CCNCC3)c(C3=CC4(CCCC4)ON3)cnc21. The Kier molecular flexibility index (Phi) is 4.28. The third-order valence-electron chi connectivity index (χ3n) is 6.17. The van der Waals surface area contributed by atoms with Crippen LogP contribution in [0.5, 0.6) is 0 Å². The zero-order valence-electron chi connectivity index (χ0n) is 15.9. The number of hydrogen-bond acceptors (Lipinski definition) is 6. The van der Waals surface area contributed by atoms with Gasteiger partial charge in [-0.2, -0.15) is 5.10 Å². The van der Waals surface area contributed by atoms with Crippen LogP contribution in [0.4, 0.5) is 5.69 Å². The standard InChI is InChI=1S/C20H28N6O/c1-2-26-19-16(13-23-26)18(24-14-5-9-21-10-6-14)15(12-22-19)17-11-20(27-25-17)7-3-4-8-20/h11-14,21,25H,2-10H2,1H3,(H,22,24). The van der Waals surface area contributed by atoms with E-state index in [0.717, 1.165) is 73.3 Å². The van der Waals surface area contributed by atoms with E-state index in [1.807, 2.05) is 17.1 Å². The molecule has 3 N–H and O–H groups in total. The van der Waals surface area contributed by atoms with Gasteiger partial charge in [0.25, 0.3) is 0 Å². The molecule has 3 aliphatic rings. The van der Waals surface area contributed by atoms with Crippen molar-refractivity contribution in [2.75, 3.05) is 18.4 Å². The molecule has 0 atom stereocenters. The molecule has 0 amide bonds. The Labute approximate surface area is 159 Å². The highest BCUT2D eigenvalue weighted by atomic mass is 16.7. The number of fused-ring (bicyclic) bond motifs is 1. The van der Waals surface area contributed by atoms with Gasteiger partial charge in [-0.25, -0.2) is 9.67 Å². The number of nitrogens with zero attached hydrogens (tertiary/aromatic N) is 3. The second-order valence-electron chi connectivity index (χ2n) is 7.95. The van der Waals surface area contributed by atoms with E-state index in [-0.39, 0.29) is 5.60 Å². The Balaban J connectivity index is 1.57. The highest BCUT2D eigenvalue weighted by Crippen LogP contribution is 2.41. The molecule has 7 nitrogen and oxygen atoms in total. The molecular weight excluding hydrogens is 340 g/mol. The summed E-state index contributed by atoms with van der Waals surface area (Å²) in [7, 11) is 0. The van der Waals surface area contributed by atoms with Crippen LogP contribution < -0.4 is 16.1 Å². The summed E-state index contributed by atoms with van der Waals surface area (Å²) in [5.41, 5.74) is 7.26. The van der Waals surface area contributed by atoms with Gasteiger partial charge in [-0.15, -0.1) is 0 Å². The minimum atomic E-state index is -0.135. The van der Waals surface area contributed by atoms with Crippen molar-refractivity contribution in [3.05, 3.63) is 24.0 Å².